The van der Waals surface area contributed by atoms with Crippen LogP contribution in [0.25, 0.3) is 0 Å². The molecule has 2 rings (SSSR count). The molecule has 1 N–H and O–H groups in total. The number of nitrogens with zero attached hydrogens (tertiary/aromatic N) is 1. The SMILES string of the molecule is CN1CCC(C2(O)CC2)C1. The number of rotatable bonds is 1. The minimum absolute atomic E-state index is 0.231. The zero-order chi connectivity index (χ0) is 7.19. The molecule has 0 amide bonds. The predicted molar refractivity (Wildman–Crippen MR) is 39.8 cm³/mol. The van der Waals surface area contributed by atoms with Crippen LogP contribution in [0.3, 0.4) is 0 Å². The molecule has 2 fully saturated rings. The molecule has 1 atom stereocenters. The molecule has 0 aromatic rings. The number of hydrogen-bond donors (Lipinski definition) is 1. The number of aliphatic hydroxyl groups is 1. The van der Waals surface area contributed by atoms with E-state index in [1.54, 1.807) is 0 Å². The van der Waals surface area contributed by atoms with Gasteiger partial charge in [0, 0.05) is 12.5 Å². The van der Waals surface area contributed by atoms with Gasteiger partial charge in [-0.15, -0.1) is 0 Å². The van der Waals surface area contributed by atoms with Gasteiger partial charge in [-0.05, 0) is 32.9 Å². The Morgan fingerprint density at radius 3 is 2.60 bits per heavy atom. The largest absolute Gasteiger partial charge is 0.390 e. The molecule has 0 aromatic carbocycles. The van der Waals surface area contributed by atoms with Crippen LogP contribution in [0.15, 0.2) is 0 Å². The molecule has 2 aliphatic rings. The second-order valence-electron chi connectivity index (χ2n) is 3.85. The molecule has 1 aliphatic carbocycles. The van der Waals surface area contributed by atoms with E-state index in [9.17, 15) is 5.11 Å². The van der Waals surface area contributed by atoms with Crippen LogP contribution in [-0.2, 0) is 0 Å². The summed E-state index contributed by atoms with van der Waals surface area (Å²) in [4.78, 5) is 2.31. The van der Waals surface area contributed by atoms with Crippen molar-refractivity contribution in [2.45, 2.75) is 24.9 Å². The normalized spacial score (nSPS) is 38.4. The van der Waals surface area contributed by atoms with Crippen LogP contribution in [0.2, 0.25) is 0 Å². The smallest absolute Gasteiger partial charge is 0.0690 e. The van der Waals surface area contributed by atoms with Crippen molar-refractivity contribution in [1.82, 2.24) is 4.90 Å². The molecule has 1 saturated carbocycles. The first kappa shape index (κ1) is 6.62. The van der Waals surface area contributed by atoms with Crippen molar-refractivity contribution in [3.63, 3.8) is 0 Å². The van der Waals surface area contributed by atoms with Gasteiger partial charge in [-0.1, -0.05) is 0 Å². The third-order valence-corrected chi connectivity index (χ3v) is 2.91. The van der Waals surface area contributed by atoms with Gasteiger partial charge in [0.1, 0.15) is 0 Å². The molecule has 0 bridgehead atoms. The number of hydrogen-bond acceptors (Lipinski definition) is 2. The molecular formula is C8H15NO. The van der Waals surface area contributed by atoms with Gasteiger partial charge in [0.15, 0.2) is 0 Å². The van der Waals surface area contributed by atoms with E-state index in [1.807, 2.05) is 0 Å². The average Bonchev–Trinajstić information content (AvgIpc) is 2.45. The predicted octanol–water partition coefficient (Wildman–Crippen LogP) is 0.463. The lowest BCUT2D eigenvalue weighted by molar-refractivity contribution is 0.0866. The lowest BCUT2D eigenvalue weighted by atomic mass is 10.00. The van der Waals surface area contributed by atoms with Crippen LogP contribution in [-0.4, -0.2) is 35.7 Å². The van der Waals surface area contributed by atoms with E-state index >= 15 is 0 Å². The van der Waals surface area contributed by atoms with Gasteiger partial charge in [-0.3, -0.25) is 0 Å². The molecular weight excluding hydrogens is 126 g/mol. The van der Waals surface area contributed by atoms with Gasteiger partial charge in [-0.25, -0.2) is 0 Å². The quantitative estimate of drug-likeness (QED) is 0.573. The summed E-state index contributed by atoms with van der Waals surface area (Å²) in [6.45, 7) is 2.28. The summed E-state index contributed by atoms with van der Waals surface area (Å²) in [6.07, 6.45) is 3.30. The Morgan fingerprint density at radius 1 is 1.50 bits per heavy atom. The van der Waals surface area contributed by atoms with Crippen LogP contribution in [0, 0.1) is 5.92 Å². The highest BCUT2D eigenvalue weighted by molar-refractivity contribution is 5.01. The summed E-state index contributed by atoms with van der Waals surface area (Å²) in [5, 5.41) is 9.72. The van der Waals surface area contributed by atoms with Crippen molar-refractivity contribution < 1.29 is 5.11 Å². The maximum atomic E-state index is 9.72. The molecule has 1 saturated heterocycles. The molecule has 0 aromatic heterocycles. The Labute approximate surface area is 61.8 Å². The second kappa shape index (κ2) is 1.95. The summed E-state index contributed by atoms with van der Waals surface area (Å²) in [7, 11) is 2.13. The highest BCUT2D eigenvalue weighted by Gasteiger charge is 2.49. The average molecular weight is 141 g/mol. The van der Waals surface area contributed by atoms with Crippen LogP contribution in [0.1, 0.15) is 19.3 Å². The lowest BCUT2D eigenvalue weighted by Gasteiger charge is -2.15. The fraction of sp³-hybridized carbons (Fsp3) is 1.00. The molecule has 2 heteroatoms. The zero-order valence-electron chi connectivity index (χ0n) is 6.51. The van der Waals surface area contributed by atoms with E-state index in [-0.39, 0.29) is 5.60 Å². The monoisotopic (exact) mass is 141 g/mol. The molecule has 1 aliphatic heterocycles. The van der Waals surface area contributed by atoms with Gasteiger partial charge < -0.3 is 10.0 Å². The third kappa shape index (κ3) is 0.956. The Kier molecular flexibility index (Phi) is 1.29. The van der Waals surface area contributed by atoms with Crippen molar-refractivity contribution in [3.8, 4) is 0 Å². The first-order valence-electron chi connectivity index (χ1n) is 4.12. The van der Waals surface area contributed by atoms with E-state index in [0.29, 0.717) is 5.92 Å². The Morgan fingerprint density at radius 2 is 2.20 bits per heavy atom. The van der Waals surface area contributed by atoms with Gasteiger partial charge in [0.05, 0.1) is 5.60 Å². The fourth-order valence-corrected chi connectivity index (χ4v) is 1.91. The standard InChI is InChI=1S/C8H15NO/c1-9-5-2-7(6-9)8(10)3-4-8/h7,10H,2-6H2,1H3. The maximum Gasteiger partial charge on any atom is 0.0690 e. The summed E-state index contributed by atoms with van der Waals surface area (Å²) in [5.74, 6) is 0.581. The maximum absolute atomic E-state index is 9.72. The zero-order valence-corrected chi connectivity index (χ0v) is 6.51. The second-order valence-corrected chi connectivity index (χ2v) is 3.85. The Balaban J connectivity index is 1.95. The van der Waals surface area contributed by atoms with Gasteiger partial charge in [0.2, 0.25) is 0 Å². The highest BCUT2D eigenvalue weighted by atomic mass is 16.3. The van der Waals surface area contributed by atoms with E-state index < -0.39 is 0 Å². The van der Waals surface area contributed by atoms with Crippen molar-refractivity contribution in [1.29, 1.82) is 0 Å². The van der Waals surface area contributed by atoms with Crippen LogP contribution in [0.5, 0.6) is 0 Å². The van der Waals surface area contributed by atoms with Gasteiger partial charge in [0.25, 0.3) is 0 Å². The van der Waals surface area contributed by atoms with Gasteiger partial charge >= 0.3 is 0 Å². The number of likely N-dealkylation sites (tertiary alicyclic amines) is 1. The summed E-state index contributed by atoms with van der Waals surface area (Å²) in [5.41, 5.74) is -0.231. The Bertz CT molecular complexity index is 142. The van der Waals surface area contributed by atoms with Crippen LogP contribution in [0.4, 0.5) is 0 Å². The van der Waals surface area contributed by atoms with E-state index in [1.165, 1.54) is 13.0 Å². The Hall–Kier alpha value is -0.0800. The summed E-state index contributed by atoms with van der Waals surface area (Å²) >= 11 is 0. The summed E-state index contributed by atoms with van der Waals surface area (Å²) < 4.78 is 0. The minimum Gasteiger partial charge on any atom is -0.390 e. The third-order valence-electron chi connectivity index (χ3n) is 2.91. The molecule has 0 spiro atoms. The van der Waals surface area contributed by atoms with Crippen molar-refractivity contribution >= 4 is 0 Å². The molecule has 1 heterocycles. The van der Waals surface area contributed by atoms with Crippen molar-refractivity contribution in [3.05, 3.63) is 0 Å². The molecule has 1 unspecified atom stereocenters. The molecule has 10 heavy (non-hydrogen) atoms. The van der Waals surface area contributed by atoms with Crippen LogP contribution >= 0.6 is 0 Å². The topological polar surface area (TPSA) is 23.5 Å². The van der Waals surface area contributed by atoms with E-state index in [0.717, 1.165) is 19.4 Å². The first-order chi connectivity index (χ1) is 4.71. The molecule has 58 valence electrons. The van der Waals surface area contributed by atoms with Crippen molar-refractivity contribution in [2.24, 2.45) is 5.92 Å². The lowest BCUT2D eigenvalue weighted by Crippen LogP contribution is -2.24. The van der Waals surface area contributed by atoms with Gasteiger partial charge in [-0.2, -0.15) is 0 Å². The fourth-order valence-electron chi connectivity index (χ4n) is 1.91. The molecule has 2 nitrogen and oxygen atoms in total. The minimum atomic E-state index is -0.231. The molecule has 0 radical (unpaired) electrons. The van der Waals surface area contributed by atoms with Crippen LogP contribution < -0.4 is 0 Å². The van der Waals surface area contributed by atoms with E-state index in [2.05, 4.69) is 11.9 Å². The van der Waals surface area contributed by atoms with Crippen molar-refractivity contribution in [2.75, 3.05) is 20.1 Å². The highest BCUT2D eigenvalue weighted by Crippen LogP contribution is 2.45. The first-order valence-corrected chi connectivity index (χ1v) is 4.12. The van der Waals surface area contributed by atoms with E-state index in [4.69, 9.17) is 0 Å². The summed E-state index contributed by atoms with van der Waals surface area (Å²) in [6, 6.07) is 0.